The van der Waals surface area contributed by atoms with Gasteiger partial charge < -0.3 is 14.6 Å². The molecule has 0 aliphatic heterocycles. The van der Waals surface area contributed by atoms with Gasteiger partial charge in [-0.05, 0) is 39.3 Å². The molecule has 0 spiro atoms. The first-order valence-electron chi connectivity index (χ1n) is 7.31. The number of imidazole rings is 1. The van der Waals surface area contributed by atoms with Crippen LogP contribution in [0.5, 0.6) is 0 Å². The van der Waals surface area contributed by atoms with Gasteiger partial charge in [0.1, 0.15) is 11.4 Å². The van der Waals surface area contributed by atoms with Crippen molar-refractivity contribution in [3.63, 3.8) is 0 Å². The fourth-order valence-electron chi connectivity index (χ4n) is 2.20. The maximum atomic E-state index is 11.7. The average molecular weight is 289 g/mol. The monoisotopic (exact) mass is 289 g/mol. The maximum Gasteiger partial charge on any atom is 0.408 e. The summed E-state index contributed by atoms with van der Waals surface area (Å²) in [6, 6.07) is 8.01. The highest BCUT2D eigenvalue weighted by Gasteiger charge is 2.17. The van der Waals surface area contributed by atoms with Crippen LogP contribution in [-0.4, -0.2) is 21.2 Å². The van der Waals surface area contributed by atoms with Crippen LogP contribution in [0.4, 0.5) is 4.79 Å². The minimum atomic E-state index is -0.492. The fraction of sp³-hybridized carbons (Fsp3) is 0.500. The smallest absolute Gasteiger partial charge is 0.408 e. The standard InChI is InChI=1S/C16H23N3O2/c1-5-10-19-13-9-7-6-8-12(13)18-14(19)11-17-15(20)21-16(2,3)4/h6-9H,5,10-11H2,1-4H3,(H,17,20). The Morgan fingerprint density at radius 1 is 1.33 bits per heavy atom. The predicted octanol–water partition coefficient (Wildman–Crippen LogP) is 3.47. The molecule has 0 atom stereocenters. The molecule has 114 valence electrons. The third-order valence-corrected chi connectivity index (χ3v) is 2.97. The van der Waals surface area contributed by atoms with Gasteiger partial charge in [-0.25, -0.2) is 9.78 Å². The summed E-state index contributed by atoms with van der Waals surface area (Å²) in [5, 5.41) is 2.77. The normalized spacial score (nSPS) is 11.6. The van der Waals surface area contributed by atoms with E-state index < -0.39 is 11.7 Å². The SMILES string of the molecule is CCCn1c(CNC(=O)OC(C)(C)C)nc2ccccc21. The van der Waals surface area contributed by atoms with Gasteiger partial charge in [0.2, 0.25) is 0 Å². The number of hydrogen-bond acceptors (Lipinski definition) is 3. The zero-order valence-electron chi connectivity index (χ0n) is 13.1. The minimum Gasteiger partial charge on any atom is -0.444 e. The number of alkyl carbamates (subject to hydrolysis) is 1. The van der Waals surface area contributed by atoms with Gasteiger partial charge in [0.05, 0.1) is 17.6 Å². The van der Waals surface area contributed by atoms with Crippen LogP contribution < -0.4 is 5.32 Å². The lowest BCUT2D eigenvalue weighted by atomic mass is 10.2. The molecular weight excluding hydrogens is 266 g/mol. The van der Waals surface area contributed by atoms with Crippen LogP contribution in [0.3, 0.4) is 0 Å². The Morgan fingerprint density at radius 3 is 2.71 bits per heavy atom. The second-order valence-electron chi connectivity index (χ2n) is 6.02. The first kappa shape index (κ1) is 15.4. The second-order valence-corrected chi connectivity index (χ2v) is 6.02. The predicted molar refractivity (Wildman–Crippen MR) is 83.1 cm³/mol. The summed E-state index contributed by atoms with van der Waals surface area (Å²) in [7, 11) is 0. The Kier molecular flexibility index (Phi) is 4.50. The van der Waals surface area contributed by atoms with Crippen LogP contribution in [0.25, 0.3) is 11.0 Å². The first-order chi connectivity index (χ1) is 9.90. The molecule has 1 N–H and O–H groups in total. The van der Waals surface area contributed by atoms with Crippen molar-refractivity contribution in [2.45, 2.75) is 52.8 Å². The van der Waals surface area contributed by atoms with E-state index in [1.54, 1.807) is 0 Å². The highest BCUT2D eigenvalue weighted by Crippen LogP contribution is 2.16. The summed E-state index contributed by atoms with van der Waals surface area (Å²) in [6.07, 6.45) is 0.595. The molecular formula is C16H23N3O2. The summed E-state index contributed by atoms with van der Waals surface area (Å²) >= 11 is 0. The van der Waals surface area contributed by atoms with Gasteiger partial charge in [0.25, 0.3) is 0 Å². The molecule has 21 heavy (non-hydrogen) atoms. The molecule has 1 amide bonds. The molecule has 2 aromatic rings. The highest BCUT2D eigenvalue weighted by atomic mass is 16.6. The number of carbonyl (C=O) groups excluding carboxylic acids is 1. The van der Waals surface area contributed by atoms with Crippen LogP contribution >= 0.6 is 0 Å². The highest BCUT2D eigenvalue weighted by molar-refractivity contribution is 5.76. The Hall–Kier alpha value is -2.04. The van der Waals surface area contributed by atoms with Crippen LogP contribution in [0.15, 0.2) is 24.3 Å². The Bertz CT molecular complexity index is 626. The molecule has 0 aliphatic carbocycles. The van der Waals surface area contributed by atoms with Crippen molar-refractivity contribution in [2.75, 3.05) is 0 Å². The number of fused-ring (bicyclic) bond motifs is 1. The zero-order valence-corrected chi connectivity index (χ0v) is 13.1. The van der Waals surface area contributed by atoms with Gasteiger partial charge in [-0.1, -0.05) is 19.1 Å². The lowest BCUT2D eigenvalue weighted by molar-refractivity contribution is 0.0521. The van der Waals surface area contributed by atoms with Gasteiger partial charge in [0.15, 0.2) is 0 Å². The number of amides is 1. The number of aromatic nitrogens is 2. The number of rotatable bonds is 4. The maximum absolute atomic E-state index is 11.7. The zero-order chi connectivity index (χ0) is 15.5. The van der Waals surface area contributed by atoms with Crippen molar-refractivity contribution >= 4 is 17.1 Å². The van der Waals surface area contributed by atoms with E-state index in [2.05, 4.69) is 27.9 Å². The quantitative estimate of drug-likeness (QED) is 0.937. The van der Waals surface area contributed by atoms with E-state index >= 15 is 0 Å². The van der Waals surface area contributed by atoms with E-state index in [0.717, 1.165) is 29.8 Å². The Labute approximate surface area is 125 Å². The molecule has 2 rings (SSSR count). The number of ether oxygens (including phenoxy) is 1. The number of hydrogen-bond donors (Lipinski definition) is 1. The lowest BCUT2D eigenvalue weighted by Crippen LogP contribution is -2.32. The van der Waals surface area contributed by atoms with Crippen molar-refractivity contribution in [1.29, 1.82) is 0 Å². The minimum absolute atomic E-state index is 0.365. The number of para-hydroxylation sites is 2. The van der Waals surface area contributed by atoms with Crippen molar-refractivity contribution in [1.82, 2.24) is 14.9 Å². The Balaban J connectivity index is 2.14. The van der Waals surface area contributed by atoms with Crippen LogP contribution in [0, 0.1) is 0 Å². The number of benzene rings is 1. The molecule has 1 heterocycles. The van der Waals surface area contributed by atoms with E-state index in [9.17, 15) is 4.79 Å². The van der Waals surface area contributed by atoms with Gasteiger partial charge in [-0.15, -0.1) is 0 Å². The lowest BCUT2D eigenvalue weighted by Gasteiger charge is -2.19. The number of aryl methyl sites for hydroxylation is 1. The topological polar surface area (TPSA) is 56.2 Å². The second kappa shape index (κ2) is 6.16. The van der Waals surface area contributed by atoms with Crippen LogP contribution in [0.1, 0.15) is 39.9 Å². The van der Waals surface area contributed by atoms with Crippen LogP contribution in [0.2, 0.25) is 0 Å². The van der Waals surface area contributed by atoms with E-state index in [1.807, 2.05) is 39.0 Å². The molecule has 5 heteroatoms. The van der Waals surface area contributed by atoms with Crippen LogP contribution in [-0.2, 0) is 17.8 Å². The summed E-state index contributed by atoms with van der Waals surface area (Å²) in [5.74, 6) is 0.851. The summed E-state index contributed by atoms with van der Waals surface area (Å²) in [6.45, 7) is 8.91. The molecule has 1 aromatic heterocycles. The van der Waals surface area contributed by atoms with E-state index in [4.69, 9.17) is 4.74 Å². The van der Waals surface area contributed by atoms with Gasteiger partial charge >= 0.3 is 6.09 Å². The van der Waals surface area contributed by atoms with Gasteiger partial charge in [-0.3, -0.25) is 0 Å². The Morgan fingerprint density at radius 2 is 2.05 bits per heavy atom. The van der Waals surface area contributed by atoms with E-state index in [1.165, 1.54) is 0 Å². The summed E-state index contributed by atoms with van der Waals surface area (Å²) in [4.78, 5) is 16.3. The van der Waals surface area contributed by atoms with Crippen molar-refractivity contribution in [3.05, 3.63) is 30.1 Å². The summed E-state index contributed by atoms with van der Waals surface area (Å²) < 4.78 is 7.39. The van der Waals surface area contributed by atoms with Crippen molar-refractivity contribution in [3.8, 4) is 0 Å². The number of carbonyl (C=O) groups is 1. The molecule has 0 aliphatic rings. The van der Waals surface area contributed by atoms with E-state index in [0.29, 0.717) is 6.54 Å². The third kappa shape index (κ3) is 3.97. The molecule has 0 bridgehead atoms. The molecule has 1 aromatic carbocycles. The van der Waals surface area contributed by atoms with Gasteiger partial charge in [-0.2, -0.15) is 0 Å². The summed E-state index contributed by atoms with van der Waals surface area (Å²) in [5.41, 5.74) is 1.56. The molecule has 0 radical (unpaired) electrons. The molecule has 0 fully saturated rings. The third-order valence-electron chi connectivity index (χ3n) is 2.97. The molecule has 0 unspecified atom stereocenters. The van der Waals surface area contributed by atoms with E-state index in [-0.39, 0.29) is 0 Å². The number of nitrogens with one attached hydrogen (secondary N) is 1. The van der Waals surface area contributed by atoms with Crippen molar-refractivity contribution < 1.29 is 9.53 Å². The molecule has 5 nitrogen and oxygen atoms in total. The first-order valence-corrected chi connectivity index (χ1v) is 7.31. The van der Waals surface area contributed by atoms with Gasteiger partial charge in [0, 0.05) is 6.54 Å². The fourth-order valence-corrected chi connectivity index (χ4v) is 2.20. The molecule has 0 saturated carbocycles. The average Bonchev–Trinajstić information content (AvgIpc) is 2.73. The number of nitrogens with zero attached hydrogens (tertiary/aromatic N) is 2. The molecule has 0 saturated heterocycles. The van der Waals surface area contributed by atoms with Crippen molar-refractivity contribution in [2.24, 2.45) is 0 Å². The largest absolute Gasteiger partial charge is 0.444 e.